The van der Waals surface area contributed by atoms with Crippen LogP contribution < -0.4 is 5.73 Å². The van der Waals surface area contributed by atoms with E-state index in [1.54, 1.807) is 11.3 Å². The Morgan fingerprint density at radius 3 is 2.76 bits per heavy atom. The zero-order valence-electron chi connectivity index (χ0n) is 10.1. The Balaban J connectivity index is 1.90. The smallest absolute Gasteiger partial charge is 0.0701 e. The number of rotatable bonds is 3. The van der Waals surface area contributed by atoms with Crippen molar-refractivity contribution in [1.82, 2.24) is 0 Å². The molecule has 5 heteroatoms. The topological polar surface area (TPSA) is 26.0 Å². The van der Waals surface area contributed by atoms with E-state index in [2.05, 4.69) is 65.4 Å². The highest BCUT2D eigenvalue weighted by Gasteiger charge is 2.29. The molecule has 1 saturated heterocycles. The molecule has 0 saturated carbocycles. The van der Waals surface area contributed by atoms with Crippen molar-refractivity contribution in [3.63, 3.8) is 0 Å². The molecule has 0 aliphatic carbocycles. The van der Waals surface area contributed by atoms with Gasteiger partial charge in [-0.1, -0.05) is 13.8 Å². The molecule has 1 fully saturated rings. The van der Waals surface area contributed by atoms with Crippen LogP contribution in [0.4, 0.5) is 0 Å². The van der Waals surface area contributed by atoms with E-state index in [0.717, 1.165) is 16.9 Å². The van der Waals surface area contributed by atoms with Gasteiger partial charge < -0.3 is 5.73 Å². The molecule has 2 rings (SSSR count). The molecule has 0 aromatic carbocycles. The molecule has 1 aliphatic rings. The van der Waals surface area contributed by atoms with Gasteiger partial charge in [0.25, 0.3) is 0 Å². The van der Waals surface area contributed by atoms with E-state index in [0.29, 0.717) is 5.25 Å². The third-order valence-corrected chi connectivity index (χ3v) is 8.34. The molecular formula is C12H18BrNS3. The Kier molecular flexibility index (Phi) is 5.31. The Labute approximate surface area is 124 Å². The summed E-state index contributed by atoms with van der Waals surface area (Å²) in [7, 11) is 0. The normalized spacial score (nSPS) is 31.4. The molecule has 4 unspecified atom stereocenters. The monoisotopic (exact) mass is 351 g/mol. The van der Waals surface area contributed by atoms with Crippen LogP contribution in [0, 0.1) is 0 Å². The molecule has 4 atom stereocenters. The van der Waals surface area contributed by atoms with E-state index in [-0.39, 0.29) is 6.04 Å². The van der Waals surface area contributed by atoms with Crippen molar-refractivity contribution in [1.29, 1.82) is 0 Å². The van der Waals surface area contributed by atoms with Gasteiger partial charge in [-0.05, 0) is 34.5 Å². The third-order valence-electron chi connectivity index (χ3n) is 3.12. The molecule has 0 bridgehead atoms. The summed E-state index contributed by atoms with van der Waals surface area (Å²) >= 11 is 9.45. The summed E-state index contributed by atoms with van der Waals surface area (Å²) in [5.41, 5.74) is 6.35. The first-order valence-corrected chi connectivity index (χ1v) is 9.43. The Hall–Kier alpha value is 0.840. The predicted molar refractivity (Wildman–Crippen MR) is 86.5 cm³/mol. The van der Waals surface area contributed by atoms with Gasteiger partial charge in [-0.15, -0.1) is 11.3 Å². The van der Waals surface area contributed by atoms with Gasteiger partial charge in [-0.25, -0.2) is 0 Å². The van der Waals surface area contributed by atoms with Gasteiger partial charge in [0.1, 0.15) is 0 Å². The van der Waals surface area contributed by atoms with Crippen LogP contribution in [0.1, 0.15) is 18.7 Å². The second kappa shape index (κ2) is 6.33. The van der Waals surface area contributed by atoms with Crippen molar-refractivity contribution in [2.45, 2.75) is 42.1 Å². The maximum absolute atomic E-state index is 6.35. The first-order valence-electron chi connectivity index (χ1n) is 5.83. The molecule has 17 heavy (non-hydrogen) atoms. The van der Waals surface area contributed by atoms with E-state index in [9.17, 15) is 0 Å². The quantitative estimate of drug-likeness (QED) is 0.890. The lowest BCUT2D eigenvalue weighted by Gasteiger charge is -2.34. The van der Waals surface area contributed by atoms with Gasteiger partial charge in [0.05, 0.1) is 3.79 Å². The number of halogens is 1. The molecule has 1 aromatic rings. The maximum atomic E-state index is 6.35. The lowest BCUT2D eigenvalue weighted by molar-refractivity contribution is 0.662. The minimum absolute atomic E-state index is 0.285. The van der Waals surface area contributed by atoms with E-state index < -0.39 is 0 Å². The van der Waals surface area contributed by atoms with E-state index in [1.165, 1.54) is 14.4 Å². The molecule has 2 heterocycles. The number of hydrogen-bond acceptors (Lipinski definition) is 4. The van der Waals surface area contributed by atoms with E-state index in [1.807, 2.05) is 0 Å². The SMILES string of the molecule is CC1SCC(C(N)Cc2ccc(Br)s2)SC1C. The fourth-order valence-electron chi connectivity index (χ4n) is 1.86. The van der Waals surface area contributed by atoms with Gasteiger partial charge in [-0.3, -0.25) is 0 Å². The van der Waals surface area contributed by atoms with Crippen molar-refractivity contribution in [3.05, 3.63) is 20.8 Å². The van der Waals surface area contributed by atoms with Crippen LogP contribution >= 0.6 is 50.8 Å². The number of nitrogens with two attached hydrogens (primary N) is 1. The van der Waals surface area contributed by atoms with Crippen molar-refractivity contribution in [2.75, 3.05) is 5.75 Å². The van der Waals surface area contributed by atoms with Crippen molar-refractivity contribution >= 4 is 50.8 Å². The molecule has 1 aliphatic heterocycles. The molecular weight excluding hydrogens is 334 g/mol. The largest absolute Gasteiger partial charge is 0.326 e. The second-order valence-corrected chi connectivity index (χ2v) is 10.1. The molecule has 96 valence electrons. The summed E-state index contributed by atoms with van der Waals surface area (Å²) in [6, 6.07) is 4.58. The zero-order chi connectivity index (χ0) is 12.4. The molecule has 2 N–H and O–H groups in total. The number of thiophene rings is 1. The lowest BCUT2D eigenvalue weighted by atomic mass is 10.1. The average molecular weight is 352 g/mol. The summed E-state index contributed by atoms with van der Waals surface area (Å²) in [5, 5.41) is 2.09. The molecule has 0 radical (unpaired) electrons. The summed E-state index contributed by atoms with van der Waals surface area (Å²) in [6.45, 7) is 4.64. The van der Waals surface area contributed by atoms with E-state index >= 15 is 0 Å². The minimum Gasteiger partial charge on any atom is -0.326 e. The Bertz CT molecular complexity index is 368. The zero-order valence-corrected chi connectivity index (χ0v) is 14.1. The fraction of sp³-hybridized carbons (Fsp3) is 0.667. The van der Waals surface area contributed by atoms with Gasteiger partial charge in [0, 0.05) is 32.4 Å². The van der Waals surface area contributed by atoms with Crippen LogP contribution in [0.2, 0.25) is 0 Å². The second-order valence-electron chi connectivity index (χ2n) is 4.49. The first-order chi connectivity index (χ1) is 8.06. The number of thioether (sulfide) groups is 2. The van der Waals surface area contributed by atoms with Crippen LogP contribution in [0.5, 0.6) is 0 Å². The van der Waals surface area contributed by atoms with Gasteiger partial charge >= 0.3 is 0 Å². The van der Waals surface area contributed by atoms with Crippen LogP contribution in [-0.4, -0.2) is 27.5 Å². The summed E-state index contributed by atoms with van der Waals surface area (Å²) < 4.78 is 1.20. The molecule has 1 aromatic heterocycles. The standard InChI is InChI=1S/C12H18BrNS3/c1-7-8(2)16-11(6-15-7)10(14)5-9-3-4-12(13)17-9/h3-4,7-8,10-11H,5-6,14H2,1-2H3. The Morgan fingerprint density at radius 1 is 1.41 bits per heavy atom. The van der Waals surface area contributed by atoms with Crippen LogP contribution in [0.3, 0.4) is 0 Å². The maximum Gasteiger partial charge on any atom is 0.0701 e. The van der Waals surface area contributed by atoms with E-state index in [4.69, 9.17) is 5.73 Å². The highest BCUT2D eigenvalue weighted by atomic mass is 79.9. The summed E-state index contributed by atoms with van der Waals surface area (Å²) in [4.78, 5) is 1.39. The van der Waals surface area contributed by atoms with Crippen LogP contribution in [-0.2, 0) is 6.42 Å². The fourth-order valence-corrected chi connectivity index (χ4v) is 6.47. The molecule has 0 spiro atoms. The average Bonchev–Trinajstić information content (AvgIpc) is 2.68. The van der Waals surface area contributed by atoms with Gasteiger partial charge in [0.2, 0.25) is 0 Å². The van der Waals surface area contributed by atoms with Gasteiger partial charge in [0.15, 0.2) is 0 Å². The van der Waals surface area contributed by atoms with Crippen molar-refractivity contribution < 1.29 is 0 Å². The lowest BCUT2D eigenvalue weighted by Crippen LogP contribution is -2.41. The predicted octanol–water partition coefficient (Wildman–Crippen LogP) is 4.01. The third kappa shape index (κ3) is 3.90. The van der Waals surface area contributed by atoms with Crippen molar-refractivity contribution in [2.24, 2.45) is 5.73 Å². The Morgan fingerprint density at radius 2 is 2.18 bits per heavy atom. The minimum atomic E-state index is 0.285. The van der Waals surface area contributed by atoms with Crippen molar-refractivity contribution in [3.8, 4) is 0 Å². The van der Waals surface area contributed by atoms with Crippen LogP contribution in [0.15, 0.2) is 15.9 Å². The highest BCUT2D eigenvalue weighted by molar-refractivity contribution is 9.11. The molecule has 1 nitrogen and oxygen atoms in total. The van der Waals surface area contributed by atoms with Crippen LogP contribution in [0.25, 0.3) is 0 Å². The summed E-state index contributed by atoms with van der Waals surface area (Å²) in [5.74, 6) is 1.20. The summed E-state index contributed by atoms with van der Waals surface area (Å²) in [6.07, 6.45) is 1.01. The highest BCUT2D eigenvalue weighted by Crippen LogP contribution is 2.37. The van der Waals surface area contributed by atoms with Gasteiger partial charge in [-0.2, -0.15) is 23.5 Å². The number of hydrogen-bond donors (Lipinski definition) is 1. The first kappa shape index (κ1) is 14.3. The molecule has 0 amide bonds.